The molecule has 0 aliphatic heterocycles. The van der Waals surface area contributed by atoms with E-state index in [0.29, 0.717) is 5.41 Å². The summed E-state index contributed by atoms with van der Waals surface area (Å²) >= 11 is 0. The average Bonchev–Trinajstić information content (AvgIpc) is 2.98. The molecular weight excluding hydrogens is 196 g/mol. The van der Waals surface area contributed by atoms with Gasteiger partial charge in [-0.25, -0.2) is 0 Å². The predicted molar refractivity (Wildman–Crippen MR) is 69.6 cm³/mol. The quantitative estimate of drug-likeness (QED) is 0.649. The van der Waals surface area contributed by atoms with Crippen molar-refractivity contribution in [1.82, 2.24) is 10.6 Å². The maximum absolute atomic E-state index is 3.64. The second-order valence-electron chi connectivity index (χ2n) is 6.36. The molecule has 0 saturated heterocycles. The van der Waals surface area contributed by atoms with Crippen LogP contribution >= 0.6 is 0 Å². The molecule has 2 saturated carbocycles. The SMILES string of the molecule is CC1(C)CCCC1CNCCCNC1CC1. The second-order valence-corrected chi connectivity index (χ2v) is 6.36. The van der Waals surface area contributed by atoms with Gasteiger partial charge >= 0.3 is 0 Å². The minimum Gasteiger partial charge on any atom is -0.316 e. The third-order valence-electron chi connectivity index (χ3n) is 4.41. The predicted octanol–water partition coefficient (Wildman–Crippen LogP) is 2.54. The van der Waals surface area contributed by atoms with Gasteiger partial charge in [-0.15, -0.1) is 0 Å². The van der Waals surface area contributed by atoms with E-state index in [9.17, 15) is 0 Å². The molecule has 1 unspecified atom stereocenters. The summed E-state index contributed by atoms with van der Waals surface area (Å²) in [7, 11) is 0. The van der Waals surface area contributed by atoms with E-state index in [4.69, 9.17) is 0 Å². The van der Waals surface area contributed by atoms with Crippen molar-refractivity contribution >= 4 is 0 Å². The van der Waals surface area contributed by atoms with E-state index in [-0.39, 0.29) is 0 Å². The average molecular weight is 224 g/mol. The zero-order valence-electron chi connectivity index (χ0n) is 11.0. The molecule has 2 nitrogen and oxygen atoms in total. The van der Waals surface area contributed by atoms with Crippen LogP contribution in [0.2, 0.25) is 0 Å². The Bertz CT molecular complexity index is 209. The van der Waals surface area contributed by atoms with Crippen molar-refractivity contribution in [2.75, 3.05) is 19.6 Å². The summed E-state index contributed by atoms with van der Waals surface area (Å²) in [5.74, 6) is 0.906. The molecule has 2 rings (SSSR count). The number of hydrogen-bond acceptors (Lipinski definition) is 2. The van der Waals surface area contributed by atoms with Crippen LogP contribution in [0.15, 0.2) is 0 Å². The highest BCUT2D eigenvalue weighted by atomic mass is 15.0. The Morgan fingerprint density at radius 3 is 2.56 bits per heavy atom. The molecule has 16 heavy (non-hydrogen) atoms. The summed E-state index contributed by atoms with van der Waals surface area (Å²) in [5, 5.41) is 7.20. The molecular formula is C14H28N2. The fraction of sp³-hybridized carbons (Fsp3) is 1.00. The second kappa shape index (κ2) is 5.50. The molecule has 0 amide bonds. The van der Waals surface area contributed by atoms with E-state index in [0.717, 1.165) is 12.0 Å². The summed E-state index contributed by atoms with van der Waals surface area (Å²) in [6.45, 7) is 8.48. The first-order valence-electron chi connectivity index (χ1n) is 7.12. The number of nitrogens with one attached hydrogen (secondary N) is 2. The van der Waals surface area contributed by atoms with E-state index >= 15 is 0 Å². The molecule has 0 aromatic rings. The van der Waals surface area contributed by atoms with Crippen LogP contribution in [0.1, 0.15) is 52.4 Å². The molecule has 0 aromatic heterocycles. The van der Waals surface area contributed by atoms with E-state index in [2.05, 4.69) is 24.5 Å². The van der Waals surface area contributed by atoms with Gasteiger partial charge in [-0.1, -0.05) is 20.3 Å². The Balaban J connectivity index is 1.47. The van der Waals surface area contributed by atoms with Crippen molar-refractivity contribution < 1.29 is 0 Å². The molecule has 0 spiro atoms. The van der Waals surface area contributed by atoms with E-state index in [1.54, 1.807) is 0 Å². The van der Waals surface area contributed by atoms with Crippen LogP contribution in [-0.2, 0) is 0 Å². The number of hydrogen-bond donors (Lipinski definition) is 2. The van der Waals surface area contributed by atoms with Crippen LogP contribution in [0, 0.1) is 11.3 Å². The van der Waals surface area contributed by atoms with E-state index in [1.807, 2.05) is 0 Å². The van der Waals surface area contributed by atoms with Crippen molar-refractivity contribution in [2.24, 2.45) is 11.3 Å². The highest BCUT2D eigenvalue weighted by Gasteiger charge is 2.33. The van der Waals surface area contributed by atoms with Gasteiger partial charge in [-0.2, -0.15) is 0 Å². The fourth-order valence-corrected chi connectivity index (χ4v) is 2.86. The lowest BCUT2D eigenvalue weighted by atomic mass is 9.82. The molecule has 2 heteroatoms. The molecule has 2 fully saturated rings. The lowest BCUT2D eigenvalue weighted by molar-refractivity contribution is 0.251. The van der Waals surface area contributed by atoms with Gasteiger partial charge in [0, 0.05) is 6.04 Å². The van der Waals surface area contributed by atoms with Gasteiger partial charge in [-0.3, -0.25) is 0 Å². The van der Waals surface area contributed by atoms with E-state index in [1.165, 1.54) is 58.2 Å². The summed E-state index contributed by atoms with van der Waals surface area (Å²) < 4.78 is 0. The Kier molecular flexibility index (Phi) is 4.26. The van der Waals surface area contributed by atoms with Gasteiger partial charge in [0.25, 0.3) is 0 Å². The minimum absolute atomic E-state index is 0.583. The Labute approximate surface area is 101 Å². The largest absolute Gasteiger partial charge is 0.316 e. The van der Waals surface area contributed by atoms with Crippen molar-refractivity contribution in [2.45, 2.75) is 58.4 Å². The molecule has 2 aliphatic carbocycles. The van der Waals surface area contributed by atoms with Gasteiger partial charge in [0.1, 0.15) is 0 Å². The Morgan fingerprint density at radius 2 is 1.94 bits per heavy atom. The first kappa shape index (κ1) is 12.4. The molecule has 2 aliphatic rings. The molecule has 1 atom stereocenters. The molecule has 2 N–H and O–H groups in total. The van der Waals surface area contributed by atoms with Gasteiger partial charge in [0.15, 0.2) is 0 Å². The van der Waals surface area contributed by atoms with Crippen molar-refractivity contribution in [3.8, 4) is 0 Å². The van der Waals surface area contributed by atoms with Gasteiger partial charge in [0.2, 0.25) is 0 Å². The minimum atomic E-state index is 0.583. The lowest BCUT2D eigenvalue weighted by Crippen LogP contribution is -2.31. The topological polar surface area (TPSA) is 24.1 Å². The van der Waals surface area contributed by atoms with E-state index < -0.39 is 0 Å². The van der Waals surface area contributed by atoms with Crippen molar-refractivity contribution in [1.29, 1.82) is 0 Å². The lowest BCUT2D eigenvalue weighted by Gasteiger charge is -2.27. The zero-order chi connectivity index (χ0) is 11.4. The highest BCUT2D eigenvalue weighted by Crippen LogP contribution is 2.41. The third kappa shape index (κ3) is 3.74. The molecule has 94 valence electrons. The van der Waals surface area contributed by atoms with Crippen molar-refractivity contribution in [3.05, 3.63) is 0 Å². The Morgan fingerprint density at radius 1 is 1.12 bits per heavy atom. The summed E-state index contributed by atoms with van der Waals surface area (Å²) in [5.41, 5.74) is 0.583. The van der Waals surface area contributed by atoms with Crippen LogP contribution in [-0.4, -0.2) is 25.7 Å². The molecule has 0 heterocycles. The van der Waals surface area contributed by atoms with Gasteiger partial charge in [0.05, 0.1) is 0 Å². The molecule has 0 bridgehead atoms. The van der Waals surface area contributed by atoms with Crippen LogP contribution in [0.5, 0.6) is 0 Å². The fourth-order valence-electron chi connectivity index (χ4n) is 2.86. The first-order valence-corrected chi connectivity index (χ1v) is 7.12. The smallest absolute Gasteiger partial charge is 0.00682 e. The van der Waals surface area contributed by atoms with Gasteiger partial charge in [-0.05, 0) is 63.1 Å². The number of rotatable bonds is 7. The van der Waals surface area contributed by atoms with Crippen LogP contribution in [0.25, 0.3) is 0 Å². The van der Waals surface area contributed by atoms with Crippen LogP contribution in [0.4, 0.5) is 0 Å². The zero-order valence-corrected chi connectivity index (χ0v) is 11.0. The van der Waals surface area contributed by atoms with Gasteiger partial charge < -0.3 is 10.6 Å². The molecule has 0 radical (unpaired) electrons. The Hall–Kier alpha value is -0.0800. The summed E-state index contributed by atoms with van der Waals surface area (Å²) in [6, 6.07) is 0.869. The highest BCUT2D eigenvalue weighted by molar-refractivity contribution is 4.86. The monoisotopic (exact) mass is 224 g/mol. The maximum atomic E-state index is 3.64. The normalized spacial score (nSPS) is 28.5. The maximum Gasteiger partial charge on any atom is 0.00682 e. The van der Waals surface area contributed by atoms with Crippen molar-refractivity contribution in [3.63, 3.8) is 0 Å². The summed E-state index contributed by atoms with van der Waals surface area (Å²) in [4.78, 5) is 0. The standard InChI is InChI=1S/C14H28N2/c1-14(2)8-3-5-12(14)11-15-9-4-10-16-13-6-7-13/h12-13,15-16H,3-11H2,1-2H3. The van der Waals surface area contributed by atoms with Crippen LogP contribution < -0.4 is 10.6 Å². The first-order chi connectivity index (χ1) is 7.68. The molecule has 0 aromatic carbocycles. The third-order valence-corrected chi connectivity index (χ3v) is 4.41. The summed E-state index contributed by atoms with van der Waals surface area (Å²) in [6.07, 6.45) is 8.38. The van der Waals surface area contributed by atoms with Crippen LogP contribution in [0.3, 0.4) is 0 Å².